The van der Waals surface area contributed by atoms with Gasteiger partial charge in [0.25, 0.3) is 0 Å². The van der Waals surface area contributed by atoms with Gasteiger partial charge in [-0.05, 0) is 94.4 Å². The topological polar surface area (TPSA) is 36.4 Å². The number of nitrogens with one attached hydrogen (secondary N) is 2. The van der Waals surface area contributed by atoms with Gasteiger partial charge in [-0.25, -0.2) is 0 Å². The Morgan fingerprint density at radius 2 is 1.85 bits per heavy atom. The summed E-state index contributed by atoms with van der Waals surface area (Å²) in [4.78, 5) is 5.07. The van der Waals surface area contributed by atoms with Crippen LogP contribution in [0, 0.1) is 12.3 Å². The minimum atomic E-state index is 0.120. The molecule has 136 valence electrons. The van der Waals surface area contributed by atoms with Gasteiger partial charge in [0, 0.05) is 20.0 Å². The third kappa shape index (κ3) is 3.62. The van der Waals surface area contributed by atoms with Crippen molar-refractivity contribution in [3.8, 4) is 0 Å². The fourth-order valence-corrected chi connectivity index (χ4v) is 4.80. The molecule has 1 spiro atoms. The number of amidine groups is 1. The zero-order chi connectivity index (χ0) is 18.1. The van der Waals surface area contributed by atoms with Crippen molar-refractivity contribution in [2.45, 2.75) is 32.7 Å². The first kappa shape index (κ1) is 18.2. The van der Waals surface area contributed by atoms with E-state index in [-0.39, 0.29) is 5.41 Å². The molecule has 0 saturated carbocycles. The second-order valence-corrected chi connectivity index (χ2v) is 9.12. The lowest BCUT2D eigenvalue weighted by atomic mass is 9.71. The molecule has 5 heteroatoms. The number of fused-ring (bicyclic) bond motifs is 1. The molecule has 1 saturated heterocycles. The van der Waals surface area contributed by atoms with Crippen molar-refractivity contribution in [2.24, 2.45) is 10.4 Å². The highest BCUT2D eigenvalue weighted by Gasteiger charge is 2.41. The van der Waals surface area contributed by atoms with E-state index in [1.54, 1.807) is 0 Å². The predicted octanol–water partition coefficient (Wildman–Crippen LogP) is 5.46. The molecule has 0 radical (unpaired) electrons. The fourth-order valence-electron chi connectivity index (χ4n) is 4.07. The van der Waals surface area contributed by atoms with Gasteiger partial charge in [0.15, 0.2) is 0 Å². The molecule has 0 atom stereocenters. The van der Waals surface area contributed by atoms with Crippen LogP contribution in [0.2, 0.25) is 0 Å². The largest absolute Gasteiger partial charge is 0.343 e. The van der Waals surface area contributed by atoms with Crippen LogP contribution >= 0.6 is 31.9 Å². The van der Waals surface area contributed by atoms with Crippen LogP contribution in [-0.4, -0.2) is 18.9 Å². The number of hydrogen-bond donors (Lipinski definition) is 2. The average Bonchev–Trinajstić information content (AvgIpc) is 2.62. The van der Waals surface area contributed by atoms with Crippen LogP contribution in [-0.2, 0) is 13.0 Å². The molecule has 3 nitrogen and oxygen atoms in total. The number of halogens is 2. The maximum Gasteiger partial charge on any atom is 0.108 e. The Hall–Kier alpha value is -1.17. The van der Waals surface area contributed by atoms with Crippen molar-refractivity contribution in [3.63, 3.8) is 0 Å². The smallest absolute Gasteiger partial charge is 0.108 e. The molecule has 4 rings (SSSR count). The summed E-state index contributed by atoms with van der Waals surface area (Å²) < 4.78 is 2.19. The van der Waals surface area contributed by atoms with Crippen molar-refractivity contribution in [2.75, 3.05) is 18.4 Å². The minimum Gasteiger partial charge on any atom is -0.343 e. The van der Waals surface area contributed by atoms with Gasteiger partial charge in [0.1, 0.15) is 5.84 Å². The van der Waals surface area contributed by atoms with Crippen molar-refractivity contribution in [3.05, 3.63) is 62.0 Å². The maximum atomic E-state index is 5.07. The van der Waals surface area contributed by atoms with Gasteiger partial charge in [-0.2, -0.15) is 0 Å². The molecule has 26 heavy (non-hydrogen) atoms. The van der Waals surface area contributed by atoms with Crippen molar-refractivity contribution < 1.29 is 0 Å². The first-order chi connectivity index (χ1) is 12.6. The molecule has 2 aliphatic heterocycles. The molecule has 2 aliphatic rings. The summed E-state index contributed by atoms with van der Waals surface area (Å²) in [7, 11) is 0. The molecule has 2 aromatic rings. The Bertz CT molecular complexity index is 854. The Kier molecular flexibility index (Phi) is 5.22. The predicted molar refractivity (Wildman–Crippen MR) is 116 cm³/mol. The van der Waals surface area contributed by atoms with Crippen LogP contribution in [0.25, 0.3) is 0 Å². The summed E-state index contributed by atoms with van der Waals surface area (Å²) in [5.74, 6) is 1.15. The van der Waals surface area contributed by atoms with Crippen molar-refractivity contribution in [1.82, 2.24) is 5.32 Å². The van der Waals surface area contributed by atoms with Gasteiger partial charge in [-0.1, -0.05) is 29.8 Å². The maximum absolute atomic E-state index is 5.07. The van der Waals surface area contributed by atoms with Crippen molar-refractivity contribution in [1.29, 1.82) is 0 Å². The van der Waals surface area contributed by atoms with Gasteiger partial charge < -0.3 is 10.6 Å². The van der Waals surface area contributed by atoms with Gasteiger partial charge in [-0.3, -0.25) is 4.99 Å². The van der Waals surface area contributed by atoms with Gasteiger partial charge in [-0.15, -0.1) is 0 Å². The molecule has 0 bridgehead atoms. The lowest BCUT2D eigenvalue weighted by Gasteiger charge is -2.43. The Morgan fingerprint density at radius 3 is 2.62 bits per heavy atom. The van der Waals surface area contributed by atoms with Crippen LogP contribution in [0.3, 0.4) is 0 Å². The van der Waals surface area contributed by atoms with Crippen LogP contribution in [0.4, 0.5) is 5.69 Å². The summed E-state index contributed by atoms with van der Waals surface area (Å²) in [6.45, 7) is 4.97. The van der Waals surface area contributed by atoms with Crippen LogP contribution in [0.1, 0.15) is 29.5 Å². The molecular weight excluding hydrogens is 454 g/mol. The number of nitrogens with zero attached hydrogens (tertiary/aromatic N) is 1. The normalized spacial score (nSPS) is 20.0. The van der Waals surface area contributed by atoms with Gasteiger partial charge >= 0.3 is 0 Å². The number of benzene rings is 2. The first-order valence-corrected chi connectivity index (χ1v) is 10.7. The SMILES string of the molecule is Cc1cccc(CN=C2Nc3cc(Br)c(Br)cc3CC23CCNCC3)c1. The summed E-state index contributed by atoms with van der Waals surface area (Å²) in [6.07, 6.45) is 3.30. The fraction of sp³-hybridized carbons (Fsp3) is 0.381. The molecule has 0 aliphatic carbocycles. The van der Waals surface area contributed by atoms with E-state index in [9.17, 15) is 0 Å². The van der Waals surface area contributed by atoms with Crippen LogP contribution in [0.15, 0.2) is 50.3 Å². The van der Waals surface area contributed by atoms with E-state index < -0.39 is 0 Å². The highest BCUT2D eigenvalue weighted by atomic mass is 79.9. The molecular formula is C21H23Br2N3. The second kappa shape index (κ2) is 7.45. The highest BCUT2D eigenvalue weighted by Crippen LogP contribution is 2.43. The third-order valence-electron chi connectivity index (χ3n) is 5.49. The summed E-state index contributed by atoms with van der Waals surface area (Å²) in [5, 5.41) is 7.18. The summed E-state index contributed by atoms with van der Waals surface area (Å²) in [6, 6.07) is 13.0. The van der Waals surface area contributed by atoms with Gasteiger partial charge in [0.05, 0.1) is 6.54 Å². The zero-order valence-corrected chi connectivity index (χ0v) is 18.1. The minimum absolute atomic E-state index is 0.120. The highest BCUT2D eigenvalue weighted by molar-refractivity contribution is 9.13. The van der Waals surface area contributed by atoms with Crippen LogP contribution < -0.4 is 10.6 Å². The summed E-state index contributed by atoms with van der Waals surface area (Å²) >= 11 is 7.28. The van der Waals surface area contributed by atoms with E-state index in [2.05, 4.69) is 85.8 Å². The molecule has 2 N–H and O–H groups in total. The quantitative estimate of drug-likeness (QED) is 0.603. The molecule has 2 heterocycles. The van der Waals surface area contributed by atoms with E-state index in [4.69, 9.17) is 4.99 Å². The van der Waals surface area contributed by atoms with Crippen LogP contribution in [0.5, 0.6) is 0 Å². The third-order valence-corrected chi connectivity index (χ3v) is 7.34. The number of aryl methyl sites for hydroxylation is 1. The lowest BCUT2D eigenvalue weighted by Crippen LogP contribution is -2.48. The van der Waals surface area contributed by atoms with E-state index in [1.807, 2.05) is 0 Å². The van der Waals surface area contributed by atoms with E-state index in [1.165, 1.54) is 22.4 Å². The Morgan fingerprint density at radius 1 is 1.08 bits per heavy atom. The molecule has 1 fully saturated rings. The molecule has 2 aromatic carbocycles. The van der Waals surface area contributed by atoms with Gasteiger partial charge in [0.2, 0.25) is 0 Å². The lowest BCUT2D eigenvalue weighted by molar-refractivity contribution is 0.293. The molecule has 0 unspecified atom stereocenters. The number of piperidine rings is 1. The van der Waals surface area contributed by atoms with Crippen molar-refractivity contribution >= 4 is 43.4 Å². The number of anilines is 1. The number of rotatable bonds is 2. The molecule has 0 amide bonds. The first-order valence-electron chi connectivity index (χ1n) is 9.12. The summed E-state index contributed by atoms with van der Waals surface area (Å²) in [5.41, 5.74) is 5.22. The van der Waals surface area contributed by atoms with E-state index in [0.717, 1.165) is 53.7 Å². The molecule has 0 aromatic heterocycles. The van der Waals surface area contributed by atoms with E-state index in [0.29, 0.717) is 0 Å². The Labute approximate surface area is 171 Å². The monoisotopic (exact) mass is 475 g/mol. The number of aliphatic imine (C=N–C) groups is 1. The standard InChI is InChI=1S/C21H23Br2N3/c1-14-3-2-4-15(9-14)13-25-20-21(5-7-24-8-6-21)12-16-10-17(22)18(23)11-19(16)26-20/h2-4,9-11,24H,5-8,12-13H2,1H3,(H,25,26). The average molecular weight is 477 g/mol. The van der Waals surface area contributed by atoms with E-state index >= 15 is 0 Å². The zero-order valence-electron chi connectivity index (χ0n) is 14.9. The Balaban J connectivity index is 1.70. The number of hydrogen-bond acceptors (Lipinski definition) is 2. The second-order valence-electron chi connectivity index (χ2n) is 7.41.